The van der Waals surface area contributed by atoms with E-state index in [0.717, 1.165) is 24.8 Å². The number of carbonyl (C=O) groups excluding carboxylic acids is 1. The summed E-state index contributed by atoms with van der Waals surface area (Å²) in [4.78, 5) is 13.7. The summed E-state index contributed by atoms with van der Waals surface area (Å²) in [7, 11) is -3.74. The molecular weight excluding hydrogens is 511 g/mol. The van der Waals surface area contributed by atoms with Crippen LogP contribution in [0.25, 0.3) is 0 Å². The number of fused-ring (bicyclic) bond motifs is 1. The third kappa shape index (κ3) is 5.13. The van der Waals surface area contributed by atoms with Gasteiger partial charge in [0.1, 0.15) is 0 Å². The molecule has 2 aromatic carbocycles. The standard InChI is InChI=1S/C28H32O4SSe/c1-21-13-15-24(16-14-21)33(30,31)18-8-17-32-26(29)28(34-25-11-5-4-6-12-25)19-23-10-7-9-22(2)27(23,3)20-28/h4-6,11-16,22-23H,7,9-10,17,19-20H2,1-3H3/t22-,23-,27+,28?/m0/s1. The average molecular weight is 544 g/mol. The minimum absolute atomic E-state index is 0.0766. The maximum atomic E-state index is 13.6. The van der Waals surface area contributed by atoms with Crippen LogP contribution in [0.15, 0.2) is 59.5 Å². The van der Waals surface area contributed by atoms with Crippen LogP contribution in [0.3, 0.4) is 0 Å². The Morgan fingerprint density at radius 3 is 2.50 bits per heavy atom. The molecule has 4 rings (SSSR count). The molecule has 4 nitrogen and oxygen atoms in total. The van der Waals surface area contributed by atoms with E-state index in [-0.39, 0.29) is 37.8 Å². The van der Waals surface area contributed by atoms with Gasteiger partial charge in [0.15, 0.2) is 0 Å². The van der Waals surface area contributed by atoms with Gasteiger partial charge in [0, 0.05) is 0 Å². The second kappa shape index (κ2) is 9.90. The van der Waals surface area contributed by atoms with Gasteiger partial charge in [-0.15, -0.1) is 0 Å². The number of ether oxygens (including phenoxy) is 1. The van der Waals surface area contributed by atoms with E-state index in [0.29, 0.717) is 11.8 Å². The first-order chi connectivity index (χ1) is 16.1. The van der Waals surface area contributed by atoms with Crippen LogP contribution in [-0.2, 0) is 19.4 Å². The Morgan fingerprint density at radius 1 is 1.12 bits per heavy atom. The Hall–Kier alpha value is -2.06. The molecule has 0 saturated heterocycles. The zero-order valence-corrected chi connectivity index (χ0v) is 22.6. The number of rotatable bonds is 5. The number of aryl methyl sites for hydroxylation is 1. The van der Waals surface area contributed by atoms with Crippen molar-refractivity contribution in [3.8, 4) is 11.2 Å². The summed E-state index contributed by atoms with van der Waals surface area (Å²) in [6, 6.07) is 16.8. The Bertz CT molecular complexity index is 1200. The normalized spacial score (nSPS) is 28.4. The van der Waals surface area contributed by atoms with Gasteiger partial charge in [-0.25, -0.2) is 0 Å². The van der Waals surface area contributed by atoms with Crippen LogP contribution in [-0.4, -0.2) is 36.0 Å². The van der Waals surface area contributed by atoms with Crippen LogP contribution in [0.1, 0.15) is 51.5 Å². The molecule has 4 atom stereocenters. The Balaban J connectivity index is 1.52. The topological polar surface area (TPSA) is 60.4 Å². The summed E-state index contributed by atoms with van der Waals surface area (Å²) in [5, 5.41) is 2.32. The monoisotopic (exact) mass is 544 g/mol. The first kappa shape index (κ1) is 25.0. The SMILES string of the molecule is Cc1ccc(S(=O)(=O)C#CCOC(=O)C2([Se]c3ccccc3)C[C@@H]3CCC[C@H](C)[C@@]3(C)C2)cc1. The predicted molar refractivity (Wildman–Crippen MR) is 135 cm³/mol. The van der Waals surface area contributed by atoms with Crippen LogP contribution < -0.4 is 4.46 Å². The van der Waals surface area contributed by atoms with Crippen molar-refractivity contribution in [3.63, 3.8) is 0 Å². The van der Waals surface area contributed by atoms with Crippen LogP contribution >= 0.6 is 0 Å². The van der Waals surface area contributed by atoms with Crippen LogP contribution in [0.2, 0.25) is 4.31 Å². The second-order valence-electron chi connectivity index (χ2n) is 10.00. The fourth-order valence-corrected chi connectivity index (χ4v) is 9.72. The summed E-state index contributed by atoms with van der Waals surface area (Å²) in [6.45, 7) is 6.36. The Kier molecular flexibility index (Phi) is 7.29. The third-order valence-electron chi connectivity index (χ3n) is 7.73. The summed E-state index contributed by atoms with van der Waals surface area (Å²) < 4.78 is 31.3. The molecule has 0 radical (unpaired) electrons. The van der Waals surface area contributed by atoms with E-state index in [1.165, 1.54) is 17.3 Å². The van der Waals surface area contributed by atoms with Gasteiger partial charge in [-0.05, 0) is 0 Å². The molecule has 0 amide bonds. The molecule has 34 heavy (non-hydrogen) atoms. The van der Waals surface area contributed by atoms with Gasteiger partial charge in [0.2, 0.25) is 0 Å². The molecule has 2 saturated carbocycles. The van der Waals surface area contributed by atoms with Crippen LogP contribution in [0.5, 0.6) is 0 Å². The molecule has 2 fully saturated rings. The number of benzene rings is 2. The number of esters is 1. The molecule has 6 heteroatoms. The molecule has 0 N–H and O–H groups in total. The van der Waals surface area contributed by atoms with Crippen molar-refractivity contribution in [2.45, 2.75) is 62.1 Å². The van der Waals surface area contributed by atoms with Crippen LogP contribution in [0, 0.1) is 35.3 Å². The van der Waals surface area contributed by atoms with E-state index in [9.17, 15) is 13.2 Å². The molecule has 0 aromatic heterocycles. The van der Waals surface area contributed by atoms with Gasteiger partial charge < -0.3 is 0 Å². The van der Waals surface area contributed by atoms with Crippen molar-refractivity contribution in [2.75, 3.05) is 6.61 Å². The van der Waals surface area contributed by atoms with Crippen molar-refractivity contribution in [1.29, 1.82) is 0 Å². The molecule has 0 heterocycles. The van der Waals surface area contributed by atoms with Gasteiger partial charge >= 0.3 is 210 Å². The second-order valence-corrected chi connectivity index (χ2v) is 14.7. The quantitative estimate of drug-likeness (QED) is 0.238. The number of hydrogen-bond acceptors (Lipinski definition) is 4. The van der Waals surface area contributed by atoms with Crippen LogP contribution in [0.4, 0.5) is 0 Å². The molecule has 1 unspecified atom stereocenters. The Morgan fingerprint density at radius 2 is 1.82 bits per heavy atom. The van der Waals surface area contributed by atoms with Gasteiger partial charge in [-0.3, -0.25) is 0 Å². The zero-order chi connectivity index (χ0) is 24.4. The summed E-state index contributed by atoms with van der Waals surface area (Å²) in [5.41, 5.74) is 1.11. The first-order valence-electron chi connectivity index (χ1n) is 11.9. The van der Waals surface area contributed by atoms with E-state index in [4.69, 9.17) is 4.74 Å². The molecule has 0 bridgehead atoms. The van der Waals surface area contributed by atoms with Crippen molar-refractivity contribution in [2.24, 2.45) is 17.3 Å². The van der Waals surface area contributed by atoms with E-state index >= 15 is 0 Å². The van der Waals surface area contributed by atoms with E-state index in [2.05, 4.69) is 37.2 Å². The number of hydrogen-bond donors (Lipinski definition) is 0. The van der Waals surface area contributed by atoms with Crippen molar-refractivity contribution in [1.82, 2.24) is 0 Å². The van der Waals surface area contributed by atoms with E-state index < -0.39 is 14.2 Å². The number of carbonyl (C=O) groups is 1. The molecule has 180 valence electrons. The molecule has 0 spiro atoms. The molecular formula is C28H32O4SSe. The summed E-state index contributed by atoms with van der Waals surface area (Å²) in [6.07, 6.45) is 5.26. The number of sulfone groups is 1. The van der Waals surface area contributed by atoms with E-state index in [1.807, 2.05) is 25.1 Å². The minimum atomic E-state index is -3.74. The zero-order valence-electron chi connectivity index (χ0n) is 20.0. The van der Waals surface area contributed by atoms with Gasteiger partial charge in [-0.1, -0.05) is 0 Å². The molecule has 2 aliphatic rings. The molecule has 2 aromatic rings. The van der Waals surface area contributed by atoms with Gasteiger partial charge in [0.05, 0.1) is 0 Å². The predicted octanol–water partition coefficient (Wildman–Crippen LogP) is 4.70. The Labute approximate surface area is 209 Å². The van der Waals surface area contributed by atoms with Gasteiger partial charge in [0.25, 0.3) is 0 Å². The fraction of sp³-hybridized carbons (Fsp3) is 0.464. The third-order valence-corrected chi connectivity index (χ3v) is 11.9. The molecule has 0 aliphatic heterocycles. The summed E-state index contributed by atoms with van der Waals surface area (Å²) in [5.74, 6) is 3.45. The van der Waals surface area contributed by atoms with Crippen molar-refractivity contribution in [3.05, 3.63) is 60.2 Å². The van der Waals surface area contributed by atoms with Crippen molar-refractivity contribution >= 4 is 35.2 Å². The first-order valence-corrected chi connectivity index (χ1v) is 15.1. The average Bonchev–Trinajstić information content (AvgIpc) is 3.12. The van der Waals surface area contributed by atoms with E-state index in [1.54, 1.807) is 24.3 Å². The fourth-order valence-electron chi connectivity index (χ4n) is 5.59. The molecule has 2 aliphatic carbocycles. The summed E-state index contributed by atoms with van der Waals surface area (Å²) >= 11 is -0.0766. The van der Waals surface area contributed by atoms with Gasteiger partial charge in [-0.2, -0.15) is 0 Å². The maximum absolute atomic E-state index is 13.6. The van der Waals surface area contributed by atoms with Crippen molar-refractivity contribution < 1.29 is 17.9 Å².